The summed E-state index contributed by atoms with van der Waals surface area (Å²) in [6.45, 7) is 0. The molecule has 0 atom stereocenters. The summed E-state index contributed by atoms with van der Waals surface area (Å²) < 4.78 is 0. The number of rotatable bonds is 5. The number of benzene rings is 1. The van der Waals surface area contributed by atoms with E-state index < -0.39 is 0 Å². The van der Waals surface area contributed by atoms with Crippen LogP contribution in [0.5, 0.6) is 0 Å². The fourth-order valence-electron chi connectivity index (χ4n) is 2.57. The maximum atomic E-state index is 11.8. The lowest BCUT2D eigenvalue weighted by Crippen LogP contribution is -2.00. The van der Waals surface area contributed by atoms with Gasteiger partial charge in [0, 0.05) is 17.9 Å². The Bertz CT molecular complexity index is 363. The van der Waals surface area contributed by atoms with Gasteiger partial charge in [0.2, 0.25) is 0 Å². The van der Waals surface area contributed by atoms with Crippen LogP contribution in [0.1, 0.15) is 60.4 Å². The van der Waals surface area contributed by atoms with E-state index in [1.807, 2.05) is 12.1 Å². The predicted octanol–water partition coefficient (Wildman–Crippen LogP) is 4.55. The predicted molar refractivity (Wildman–Crippen MR) is 71.9 cm³/mol. The van der Waals surface area contributed by atoms with E-state index in [1.165, 1.54) is 31.2 Å². The Balaban J connectivity index is 1.99. The highest BCUT2D eigenvalue weighted by atomic mass is 35.5. The Hall–Kier alpha value is -0.820. The number of halogens is 1. The largest absolute Gasteiger partial charge is 0.294 e. The Morgan fingerprint density at radius 1 is 1.18 bits per heavy atom. The first-order chi connectivity index (χ1) is 8.31. The van der Waals surface area contributed by atoms with E-state index in [4.69, 9.17) is 11.6 Å². The summed E-state index contributed by atoms with van der Waals surface area (Å²) in [5.74, 6) is 1.50. The second-order valence-corrected chi connectivity index (χ2v) is 5.20. The number of Topliss-reactive ketones (excluding diaryl/α,β-unsaturated/α-hetero) is 1. The Kier molecular flexibility index (Phi) is 4.61. The van der Waals surface area contributed by atoms with E-state index >= 15 is 0 Å². The van der Waals surface area contributed by atoms with Crippen LogP contribution >= 0.6 is 11.6 Å². The van der Waals surface area contributed by atoms with Crippen LogP contribution in [0.4, 0.5) is 0 Å². The van der Waals surface area contributed by atoms with E-state index in [1.54, 1.807) is 0 Å². The van der Waals surface area contributed by atoms with Crippen LogP contribution in [0.15, 0.2) is 24.3 Å². The first kappa shape index (κ1) is 12.6. The molecule has 92 valence electrons. The standard InChI is InChI=1S/C15H19ClO/c16-11-3-6-15(17)14-9-7-13(8-10-14)12-4-1-2-5-12/h7-10,12H,1-6,11H2. The number of hydrogen-bond acceptors (Lipinski definition) is 1. The van der Waals surface area contributed by atoms with Gasteiger partial charge in [0.15, 0.2) is 5.78 Å². The molecule has 0 saturated heterocycles. The summed E-state index contributed by atoms with van der Waals surface area (Å²) in [5, 5.41) is 0. The van der Waals surface area contributed by atoms with Gasteiger partial charge in [-0.15, -0.1) is 11.6 Å². The van der Waals surface area contributed by atoms with Gasteiger partial charge in [-0.25, -0.2) is 0 Å². The normalized spacial score (nSPS) is 16.3. The van der Waals surface area contributed by atoms with Crippen molar-refractivity contribution in [1.82, 2.24) is 0 Å². The molecule has 0 unspecified atom stereocenters. The Morgan fingerprint density at radius 3 is 2.41 bits per heavy atom. The van der Waals surface area contributed by atoms with Crippen molar-refractivity contribution in [3.05, 3.63) is 35.4 Å². The number of carbonyl (C=O) groups is 1. The zero-order chi connectivity index (χ0) is 12.1. The number of alkyl halides is 1. The van der Waals surface area contributed by atoms with Crippen molar-refractivity contribution in [3.63, 3.8) is 0 Å². The fourth-order valence-corrected chi connectivity index (χ4v) is 2.71. The molecular weight excluding hydrogens is 232 g/mol. The quantitative estimate of drug-likeness (QED) is 0.554. The zero-order valence-electron chi connectivity index (χ0n) is 10.1. The summed E-state index contributed by atoms with van der Waals surface area (Å²) in [6, 6.07) is 8.21. The van der Waals surface area contributed by atoms with Crippen LogP contribution in [0.3, 0.4) is 0 Å². The molecule has 1 nitrogen and oxygen atoms in total. The van der Waals surface area contributed by atoms with Gasteiger partial charge in [-0.1, -0.05) is 37.1 Å². The molecule has 0 heterocycles. The SMILES string of the molecule is O=C(CCCCl)c1ccc(C2CCCC2)cc1. The van der Waals surface area contributed by atoms with E-state index in [-0.39, 0.29) is 5.78 Å². The maximum absolute atomic E-state index is 11.8. The highest BCUT2D eigenvalue weighted by Gasteiger charge is 2.17. The van der Waals surface area contributed by atoms with Gasteiger partial charge in [-0.05, 0) is 30.7 Å². The Morgan fingerprint density at radius 2 is 1.82 bits per heavy atom. The van der Waals surface area contributed by atoms with Crippen molar-refractivity contribution in [3.8, 4) is 0 Å². The van der Waals surface area contributed by atoms with Crippen molar-refractivity contribution in [1.29, 1.82) is 0 Å². The molecule has 2 rings (SSSR count). The second kappa shape index (κ2) is 6.20. The molecule has 17 heavy (non-hydrogen) atoms. The van der Waals surface area contributed by atoms with E-state index in [0.29, 0.717) is 12.3 Å². The molecule has 0 spiro atoms. The van der Waals surface area contributed by atoms with Crippen LogP contribution in [0.2, 0.25) is 0 Å². The summed E-state index contributed by atoms with van der Waals surface area (Å²) in [4.78, 5) is 11.8. The van der Waals surface area contributed by atoms with Gasteiger partial charge in [0.1, 0.15) is 0 Å². The number of ketones is 1. The topological polar surface area (TPSA) is 17.1 Å². The van der Waals surface area contributed by atoms with Crippen LogP contribution in [0, 0.1) is 0 Å². The minimum atomic E-state index is 0.212. The molecule has 0 amide bonds. The van der Waals surface area contributed by atoms with Crippen molar-refractivity contribution >= 4 is 17.4 Å². The Labute approximate surface area is 108 Å². The molecule has 1 aromatic carbocycles. The zero-order valence-corrected chi connectivity index (χ0v) is 10.9. The third-order valence-electron chi connectivity index (χ3n) is 3.60. The average molecular weight is 251 g/mol. The monoisotopic (exact) mass is 250 g/mol. The maximum Gasteiger partial charge on any atom is 0.162 e. The van der Waals surface area contributed by atoms with Crippen LogP contribution in [0.25, 0.3) is 0 Å². The van der Waals surface area contributed by atoms with E-state index in [9.17, 15) is 4.79 Å². The second-order valence-electron chi connectivity index (χ2n) is 4.82. The van der Waals surface area contributed by atoms with Gasteiger partial charge in [0.05, 0.1) is 0 Å². The lowest BCUT2D eigenvalue weighted by atomic mass is 9.95. The van der Waals surface area contributed by atoms with Gasteiger partial charge >= 0.3 is 0 Å². The third-order valence-corrected chi connectivity index (χ3v) is 3.86. The molecule has 1 saturated carbocycles. The summed E-state index contributed by atoms with van der Waals surface area (Å²) in [6.07, 6.45) is 6.64. The molecular formula is C15H19ClO. The molecule has 0 aromatic heterocycles. The summed E-state index contributed by atoms with van der Waals surface area (Å²) in [5.41, 5.74) is 2.23. The van der Waals surface area contributed by atoms with E-state index in [2.05, 4.69) is 12.1 Å². The first-order valence-electron chi connectivity index (χ1n) is 6.50. The molecule has 1 aliphatic rings. The lowest BCUT2D eigenvalue weighted by Gasteiger charge is -2.09. The van der Waals surface area contributed by atoms with Crippen LogP contribution in [-0.2, 0) is 0 Å². The molecule has 1 aliphatic carbocycles. The molecule has 0 bridgehead atoms. The highest BCUT2D eigenvalue weighted by molar-refractivity contribution is 6.18. The number of carbonyl (C=O) groups excluding carboxylic acids is 1. The van der Waals surface area contributed by atoms with Gasteiger partial charge in [-0.3, -0.25) is 4.79 Å². The first-order valence-corrected chi connectivity index (χ1v) is 7.04. The molecule has 1 aromatic rings. The van der Waals surface area contributed by atoms with Crippen molar-refractivity contribution in [2.24, 2.45) is 0 Å². The van der Waals surface area contributed by atoms with Crippen molar-refractivity contribution in [2.45, 2.75) is 44.4 Å². The van der Waals surface area contributed by atoms with Gasteiger partial charge in [-0.2, -0.15) is 0 Å². The van der Waals surface area contributed by atoms with Gasteiger partial charge < -0.3 is 0 Å². The average Bonchev–Trinajstić information content (AvgIpc) is 2.90. The van der Waals surface area contributed by atoms with Crippen molar-refractivity contribution in [2.75, 3.05) is 5.88 Å². The summed E-state index contributed by atoms with van der Waals surface area (Å²) in [7, 11) is 0. The van der Waals surface area contributed by atoms with E-state index in [0.717, 1.165) is 17.9 Å². The molecule has 1 fully saturated rings. The summed E-state index contributed by atoms with van der Waals surface area (Å²) >= 11 is 5.59. The fraction of sp³-hybridized carbons (Fsp3) is 0.533. The molecule has 0 N–H and O–H groups in total. The third kappa shape index (κ3) is 3.32. The van der Waals surface area contributed by atoms with Crippen LogP contribution < -0.4 is 0 Å². The molecule has 0 aliphatic heterocycles. The van der Waals surface area contributed by atoms with Gasteiger partial charge in [0.25, 0.3) is 0 Å². The molecule has 2 heteroatoms. The minimum absolute atomic E-state index is 0.212. The van der Waals surface area contributed by atoms with Crippen LogP contribution in [-0.4, -0.2) is 11.7 Å². The number of hydrogen-bond donors (Lipinski definition) is 0. The lowest BCUT2D eigenvalue weighted by molar-refractivity contribution is 0.0982. The smallest absolute Gasteiger partial charge is 0.162 e. The minimum Gasteiger partial charge on any atom is -0.294 e. The highest BCUT2D eigenvalue weighted by Crippen LogP contribution is 2.34. The van der Waals surface area contributed by atoms with Crippen molar-refractivity contribution < 1.29 is 4.79 Å². The molecule has 0 radical (unpaired) electrons.